The van der Waals surface area contributed by atoms with E-state index >= 15 is 0 Å². The van der Waals surface area contributed by atoms with Crippen LogP contribution >= 0.6 is 24.0 Å². The Kier molecular flexibility index (Phi) is 4.11. The van der Waals surface area contributed by atoms with E-state index in [1.807, 2.05) is 0 Å². The van der Waals surface area contributed by atoms with E-state index < -0.39 is 11.6 Å². The molecule has 0 N–H and O–H groups in total. The molecule has 0 unspecified atom stereocenters. The quantitative estimate of drug-likeness (QED) is 0.485. The zero-order chi connectivity index (χ0) is 14.0. The van der Waals surface area contributed by atoms with Crippen molar-refractivity contribution in [3.05, 3.63) is 53.0 Å². The molecule has 1 aliphatic heterocycles. The fraction of sp³-hybridized carbons (Fsp3) is 0.0769. The molecular weight excluding hydrogens is 288 g/mol. The normalized spacial score (nSPS) is 17.4. The first-order chi connectivity index (χ1) is 9.04. The molecule has 19 heavy (non-hydrogen) atoms. The van der Waals surface area contributed by atoms with Crippen LogP contribution in [0.1, 0.15) is 5.56 Å². The SMILES string of the molecule is C=CCN1C(=O)C(=Cc2cccc(F)c2F)SC1=S. The number of carbonyl (C=O) groups excluding carboxylic acids is 1. The van der Waals surface area contributed by atoms with Gasteiger partial charge in [-0.2, -0.15) is 0 Å². The molecular formula is C13H9F2NOS2. The molecule has 0 aromatic heterocycles. The Morgan fingerprint density at radius 3 is 2.84 bits per heavy atom. The van der Waals surface area contributed by atoms with Crippen molar-refractivity contribution < 1.29 is 13.6 Å². The molecule has 2 rings (SSSR count). The molecule has 0 saturated carbocycles. The molecule has 1 amide bonds. The maximum absolute atomic E-state index is 13.5. The average Bonchev–Trinajstić information content (AvgIpc) is 2.63. The van der Waals surface area contributed by atoms with Gasteiger partial charge in [0.2, 0.25) is 0 Å². The Morgan fingerprint density at radius 1 is 1.42 bits per heavy atom. The van der Waals surface area contributed by atoms with E-state index in [9.17, 15) is 13.6 Å². The van der Waals surface area contributed by atoms with E-state index in [1.165, 1.54) is 23.1 Å². The Morgan fingerprint density at radius 2 is 2.16 bits per heavy atom. The second-order valence-electron chi connectivity index (χ2n) is 3.72. The van der Waals surface area contributed by atoms with Gasteiger partial charge in [0.25, 0.3) is 5.91 Å². The fourth-order valence-electron chi connectivity index (χ4n) is 1.56. The molecule has 0 radical (unpaired) electrons. The summed E-state index contributed by atoms with van der Waals surface area (Å²) in [7, 11) is 0. The molecule has 2 nitrogen and oxygen atoms in total. The van der Waals surface area contributed by atoms with Gasteiger partial charge in [-0.3, -0.25) is 9.69 Å². The fourth-order valence-corrected chi connectivity index (χ4v) is 2.83. The number of hydrogen-bond acceptors (Lipinski definition) is 3. The van der Waals surface area contributed by atoms with Crippen LogP contribution in [-0.4, -0.2) is 21.7 Å². The zero-order valence-electron chi connectivity index (χ0n) is 9.73. The van der Waals surface area contributed by atoms with Crippen molar-refractivity contribution in [1.29, 1.82) is 0 Å². The lowest BCUT2D eigenvalue weighted by Gasteiger charge is -2.10. The van der Waals surface area contributed by atoms with Crippen molar-refractivity contribution in [3.63, 3.8) is 0 Å². The van der Waals surface area contributed by atoms with Crippen LogP contribution in [0.5, 0.6) is 0 Å². The van der Waals surface area contributed by atoms with Gasteiger partial charge in [-0.1, -0.05) is 42.2 Å². The van der Waals surface area contributed by atoms with Crippen molar-refractivity contribution in [2.24, 2.45) is 0 Å². The predicted octanol–water partition coefficient (Wildman–Crippen LogP) is 3.35. The van der Waals surface area contributed by atoms with Crippen LogP contribution in [0.4, 0.5) is 8.78 Å². The Bertz CT molecular complexity index is 598. The van der Waals surface area contributed by atoms with Crippen molar-refractivity contribution in [2.75, 3.05) is 6.54 Å². The summed E-state index contributed by atoms with van der Waals surface area (Å²) < 4.78 is 27.0. The summed E-state index contributed by atoms with van der Waals surface area (Å²) in [6, 6.07) is 3.81. The summed E-state index contributed by atoms with van der Waals surface area (Å²) in [4.78, 5) is 13.6. The van der Waals surface area contributed by atoms with Gasteiger partial charge in [0.15, 0.2) is 11.6 Å². The summed E-state index contributed by atoms with van der Waals surface area (Å²) in [5.74, 6) is -2.25. The van der Waals surface area contributed by atoms with E-state index in [2.05, 4.69) is 6.58 Å². The highest BCUT2D eigenvalue weighted by atomic mass is 32.2. The Balaban J connectivity index is 2.35. The lowest BCUT2D eigenvalue weighted by Crippen LogP contribution is -2.27. The topological polar surface area (TPSA) is 20.3 Å². The summed E-state index contributed by atoms with van der Waals surface area (Å²) in [6.45, 7) is 3.84. The predicted molar refractivity (Wildman–Crippen MR) is 76.4 cm³/mol. The van der Waals surface area contributed by atoms with Gasteiger partial charge in [0.05, 0.1) is 4.91 Å². The number of thiocarbonyl (C=S) groups is 1. The average molecular weight is 297 g/mol. The zero-order valence-corrected chi connectivity index (χ0v) is 11.4. The highest BCUT2D eigenvalue weighted by molar-refractivity contribution is 8.26. The number of carbonyl (C=O) groups is 1. The Hall–Kier alpha value is -1.53. The lowest BCUT2D eigenvalue weighted by atomic mass is 10.2. The van der Waals surface area contributed by atoms with Crippen LogP contribution in [0, 0.1) is 11.6 Å². The van der Waals surface area contributed by atoms with Crippen LogP contribution in [-0.2, 0) is 4.79 Å². The van der Waals surface area contributed by atoms with Gasteiger partial charge in [0, 0.05) is 12.1 Å². The number of nitrogens with zero attached hydrogens (tertiary/aromatic N) is 1. The van der Waals surface area contributed by atoms with E-state index in [0.717, 1.165) is 17.8 Å². The van der Waals surface area contributed by atoms with Crippen LogP contribution in [0.2, 0.25) is 0 Å². The number of thioether (sulfide) groups is 1. The minimum atomic E-state index is -0.975. The highest BCUT2D eigenvalue weighted by Crippen LogP contribution is 2.32. The third-order valence-electron chi connectivity index (χ3n) is 2.45. The van der Waals surface area contributed by atoms with Gasteiger partial charge >= 0.3 is 0 Å². The van der Waals surface area contributed by atoms with Crippen LogP contribution in [0.3, 0.4) is 0 Å². The Labute approximate surface area is 118 Å². The van der Waals surface area contributed by atoms with Gasteiger partial charge in [0.1, 0.15) is 4.32 Å². The number of benzene rings is 1. The van der Waals surface area contributed by atoms with Crippen molar-refractivity contribution in [1.82, 2.24) is 4.90 Å². The second-order valence-corrected chi connectivity index (χ2v) is 5.40. The summed E-state index contributed by atoms with van der Waals surface area (Å²) in [5.41, 5.74) is 0.0269. The van der Waals surface area contributed by atoms with E-state index in [0.29, 0.717) is 10.9 Å². The first-order valence-corrected chi connectivity index (χ1v) is 6.57. The maximum atomic E-state index is 13.5. The van der Waals surface area contributed by atoms with Crippen LogP contribution in [0.25, 0.3) is 6.08 Å². The molecule has 98 valence electrons. The van der Waals surface area contributed by atoms with E-state index in [1.54, 1.807) is 6.08 Å². The van der Waals surface area contributed by atoms with E-state index in [-0.39, 0.29) is 16.4 Å². The number of amides is 1. The van der Waals surface area contributed by atoms with E-state index in [4.69, 9.17) is 12.2 Å². The second kappa shape index (κ2) is 5.63. The first-order valence-electron chi connectivity index (χ1n) is 5.35. The number of halogens is 2. The van der Waals surface area contributed by atoms with Gasteiger partial charge < -0.3 is 0 Å². The van der Waals surface area contributed by atoms with Crippen LogP contribution in [0.15, 0.2) is 35.8 Å². The van der Waals surface area contributed by atoms with Gasteiger partial charge in [-0.25, -0.2) is 8.78 Å². The molecule has 0 spiro atoms. The van der Waals surface area contributed by atoms with Crippen molar-refractivity contribution in [2.45, 2.75) is 0 Å². The lowest BCUT2D eigenvalue weighted by molar-refractivity contribution is -0.121. The van der Waals surface area contributed by atoms with Gasteiger partial charge in [-0.05, 0) is 12.1 Å². The molecule has 0 bridgehead atoms. The summed E-state index contributed by atoms with van der Waals surface area (Å²) >= 11 is 6.11. The largest absolute Gasteiger partial charge is 0.289 e. The standard InChI is InChI=1S/C13H9F2NOS2/c1-2-6-16-12(17)10(19-13(16)18)7-8-4-3-5-9(14)11(8)15/h2-5,7H,1,6H2. The summed E-state index contributed by atoms with van der Waals surface area (Å²) in [5, 5.41) is 0. The molecule has 1 aliphatic rings. The van der Waals surface area contributed by atoms with Gasteiger partial charge in [-0.15, -0.1) is 6.58 Å². The molecule has 1 heterocycles. The van der Waals surface area contributed by atoms with Crippen molar-refractivity contribution >= 4 is 40.3 Å². The monoisotopic (exact) mass is 297 g/mol. The molecule has 6 heteroatoms. The minimum absolute atomic E-state index is 0.0269. The molecule has 1 aromatic carbocycles. The highest BCUT2D eigenvalue weighted by Gasteiger charge is 2.31. The third-order valence-corrected chi connectivity index (χ3v) is 3.83. The minimum Gasteiger partial charge on any atom is -0.289 e. The summed E-state index contributed by atoms with van der Waals surface area (Å²) in [6.07, 6.45) is 2.86. The molecule has 1 saturated heterocycles. The molecule has 1 aromatic rings. The molecule has 0 atom stereocenters. The molecule has 1 fully saturated rings. The first kappa shape index (κ1) is 13.9. The van der Waals surface area contributed by atoms with Crippen molar-refractivity contribution in [3.8, 4) is 0 Å². The number of hydrogen-bond donors (Lipinski definition) is 0. The maximum Gasteiger partial charge on any atom is 0.266 e. The molecule has 0 aliphatic carbocycles. The third kappa shape index (κ3) is 2.74. The number of rotatable bonds is 3. The van der Waals surface area contributed by atoms with Crippen LogP contribution < -0.4 is 0 Å². The smallest absolute Gasteiger partial charge is 0.266 e.